The van der Waals surface area contributed by atoms with E-state index >= 15 is 0 Å². The fraction of sp³-hybridized carbons (Fsp3) is 0.625. The zero-order chi connectivity index (χ0) is 11.2. The average molecular weight is 227 g/mol. The van der Waals surface area contributed by atoms with Crippen LogP contribution >= 0.6 is 0 Å². The molecule has 0 bridgehead atoms. The summed E-state index contributed by atoms with van der Waals surface area (Å²) in [6.45, 7) is 1.23. The van der Waals surface area contributed by atoms with Crippen molar-refractivity contribution in [2.75, 3.05) is 6.54 Å². The first kappa shape index (κ1) is 10.1. The minimum absolute atomic E-state index is 0.680. The molecule has 1 heteroatoms. The monoisotopic (exact) mass is 227 g/mol. The number of aryl methyl sites for hydroxylation is 1. The van der Waals surface area contributed by atoms with E-state index in [1.54, 1.807) is 16.7 Å². The molecule has 3 aliphatic rings. The number of nitrogens with one attached hydrogen (secondary N) is 1. The Kier molecular flexibility index (Phi) is 2.29. The molecule has 0 spiro atoms. The lowest BCUT2D eigenvalue weighted by Crippen LogP contribution is -2.34. The second-order valence-electron chi connectivity index (χ2n) is 6.09. The number of rotatable bonds is 1. The van der Waals surface area contributed by atoms with Gasteiger partial charge in [-0.1, -0.05) is 24.6 Å². The molecule has 1 N–H and O–H groups in total. The van der Waals surface area contributed by atoms with Gasteiger partial charge in [0.2, 0.25) is 0 Å². The van der Waals surface area contributed by atoms with Gasteiger partial charge in [0.15, 0.2) is 0 Å². The average Bonchev–Trinajstić information content (AvgIpc) is 3.18. The fourth-order valence-electron chi connectivity index (χ4n) is 3.90. The second-order valence-corrected chi connectivity index (χ2v) is 6.09. The van der Waals surface area contributed by atoms with Crippen molar-refractivity contribution in [3.8, 4) is 0 Å². The first-order valence-electron chi connectivity index (χ1n) is 7.28. The van der Waals surface area contributed by atoms with Gasteiger partial charge in [-0.25, -0.2) is 0 Å². The molecule has 0 amide bonds. The predicted octanol–water partition coefficient (Wildman–Crippen LogP) is 3.55. The van der Waals surface area contributed by atoms with Crippen LogP contribution in [0.3, 0.4) is 0 Å². The molecule has 2 unspecified atom stereocenters. The van der Waals surface area contributed by atoms with Gasteiger partial charge in [0.1, 0.15) is 0 Å². The van der Waals surface area contributed by atoms with Crippen LogP contribution in [0.1, 0.15) is 60.8 Å². The lowest BCUT2D eigenvalue weighted by molar-refractivity contribution is 0.407. The minimum atomic E-state index is 0.680. The van der Waals surface area contributed by atoms with Crippen LogP contribution in [0.5, 0.6) is 0 Å². The predicted molar refractivity (Wildman–Crippen MR) is 70.2 cm³/mol. The van der Waals surface area contributed by atoms with Gasteiger partial charge in [-0.15, -0.1) is 0 Å². The first-order chi connectivity index (χ1) is 8.43. The van der Waals surface area contributed by atoms with Crippen LogP contribution in [0.2, 0.25) is 0 Å². The highest BCUT2D eigenvalue weighted by Gasteiger charge is 2.38. The van der Waals surface area contributed by atoms with Crippen LogP contribution in [-0.4, -0.2) is 6.54 Å². The summed E-state index contributed by atoms with van der Waals surface area (Å²) in [5, 5.41) is 3.83. The summed E-state index contributed by atoms with van der Waals surface area (Å²) in [6, 6.07) is 7.75. The Hall–Kier alpha value is -0.820. The van der Waals surface area contributed by atoms with Gasteiger partial charge < -0.3 is 5.32 Å². The Labute approximate surface area is 104 Å². The zero-order valence-corrected chi connectivity index (χ0v) is 10.4. The molecule has 1 saturated carbocycles. The number of hydrogen-bond donors (Lipinski definition) is 1. The summed E-state index contributed by atoms with van der Waals surface area (Å²) >= 11 is 0. The molecule has 0 aromatic heterocycles. The highest BCUT2D eigenvalue weighted by atomic mass is 14.9. The minimum Gasteiger partial charge on any atom is -0.309 e. The largest absolute Gasteiger partial charge is 0.309 e. The van der Waals surface area contributed by atoms with Crippen molar-refractivity contribution in [2.45, 2.75) is 50.5 Å². The van der Waals surface area contributed by atoms with E-state index in [0.29, 0.717) is 6.04 Å². The van der Waals surface area contributed by atoms with Crippen LogP contribution in [0, 0.1) is 5.92 Å². The third-order valence-corrected chi connectivity index (χ3v) is 4.90. The summed E-state index contributed by atoms with van der Waals surface area (Å²) < 4.78 is 0. The molecular weight excluding hydrogens is 206 g/mol. The SMILES string of the molecule is c1cc2c3c(c1)C(C1CC1)NCC3CCCC2. The molecule has 1 aliphatic heterocycles. The van der Waals surface area contributed by atoms with Crippen LogP contribution < -0.4 is 5.32 Å². The maximum atomic E-state index is 3.83. The van der Waals surface area contributed by atoms with Gasteiger partial charge in [-0.05, 0) is 60.6 Å². The van der Waals surface area contributed by atoms with Gasteiger partial charge >= 0.3 is 0 Å². The molecule has 2 atom stereocenters. The van der Waals surface area contributed by atoms with Crippen molar-refractivity contribution in [3.63, 3.8) is 0 Å². The number of benzene rings is 1. The van der Waals surface area contributed by atoms with Gasteiger partial charge in [0, 0.05) is 12.6 Å². The van der Waals surface area contributed by atoms with Crippen molar-refractivity contribution >= 4 is 0 Å². The highest BCUT2D eigenvalue weighted by Crippen LogP contribution is 2.47. The van der Waals surface area contributed by atoms with Crippen molar-refractivity contribution < 1.29 is 0 Å². The summed E-state index contributed by atoms with van der Waals surface area (Å²) in [4.78, 5) is 0. The second kappa shape index (κ2) is 3.84. The smallest absolute Gasteiger partial charge is 0.0351 e. The fourth-order valence-corrected chi connectivity index (χ4v) is 3.90. The van der Waals surface area contributed by atoms with E-state index in [1.165, 1.54) is 45.1 Å². The third-order valence-electron chi connectivity index (χ3n) is 4.90. The lowest BCUT2D eigenvalue weighted by Gasteiger charge is -2.33. The van der Waals surface area contributed by atoms with E-state index in [4.69, 9.17) is 0 Å². The van der Waals surface area contributed by atoms with E-state index in [2.05, 4.69) is 23.5 Å². The van der Waals surface area contributed by atoms with Crippen LogP contribution in [0.25, 0.3) is 0 Å². The molecule has 1 fully saturated rings. The standard InChI is InChI=1S/C16H21N/c1-2-5-13-10-17-16(12-8-9-12)14-7-3-6-11(4-1)15(13)14/h3,6-7,12-13,16-17H,1-2,4-5,8-10H2. The Bertz CT molecular complexity index is 433. The van der Waals surface area contributed by atoms with Gasteiger partial charge in [-0.3, -0.25) is 0 Å². The molecule has 1 heterocycles. The molecule has 0 radical (unpaired) electrons. The summed E-state index contributed by atoms with van der Waals surface area (Å²) in [5.74, 6) is 1.74. The van der Waals surface area contributed by atoms with Crippen molar-refractivity contribution in [1.29, 1.82) is 0 Å². The Morgan fingerprint density at radius 3 is 2.88 bits per heavy atom. The van der Waals surface area contributed by atoms with Crippen LogP contribution in [0.15, 0.2) is 18.2 Å². The lowest BCUT2D eigenvalue weighted by atomic mass is 9.81. The first-order valence-corrected chi connectivity index (χ1v) is 7.28. The molecule has 4 rings (SSSR count). The topological polar surface area (TPSA) is 12.0 Å². The maximum absolute atomic E-state index is 3.83. The van der Waals surface area contributed by atoms with E-state index in [1.807, 2.05) is 0 Å². The molecule has 2 aliphatic carbocycles. The molecule has 1 aromatic rings. The van der Waals surface area contributed by atoms with Crippen LogP contribution in [0.4, 0.5) is 0 Å². The molecule has 1 nitrogen and oxygen atoms in total. The Morgan fingerprint density at radius 2 is 2.00 bits per heavy atom. The molecule has 0 saturated heterocycles. The zero-order valence-electron chi connectivity index (χ0n) is 10.4. The van der Waals surface area contributed by atoms with Gasteiger partial charge in [0.05, 0.1) is 0 Å². The Morgan fingerprint density at radius 1 is 1.06 bits per heavy atom. The molecule has 1 aromatic carbocycles. The molecule has 17 heavy (non-hydrogen) atoms. The van der Waals surface area contributed by atoms with Crippen molar-refractivity contribution in [3.05, 3.63) is 34.9 Å². The van der Waals surface area contributed by atoms with Crippen molar-refractivity contribution in [1.82, 2.24) is 5.32 Å². The Balaban J connectivity index is 1.83. The van der Waals surface area contributed by atoms with Gasteiger partial charge in [-0.2, -0.15) is 0 Å². The third kappa shape index (κ3) is 1.63. The molecule has 90 valence electrons. The normalized spacial score (nSPS) is 31.8. The molecular formula is C16H21N. The highest BCUT2D eigenvalue weighted by molar-refractivity contribution is 5.43. The van der Waals surface area contributed by atoms with Crippen LogP contribution in [-0.2, 0) is 6.42 Å². The van der Waals surface area contributed by atoms with Crippen molar-refractivity contribution in [2.24, 2.45) is 5.92 Å². The summed E-state index contributed by atoms with van der Waals surface area (Å²) in [5.41, 5.74) is 5.07. The van der Waals surface area contributed by atoms with E-state index < -0.39 is 0 Å². The summed E-state index contributed by atoms with van der Waals surface area (Å²) in [7, 11) is 0. The quantitative estimate of drug-likeness (QED) is 0.773. The maximum Gasteiger partial charge on any atom is 0.0351 e. The summed E-state index contributed by atoms with van der Waals surface area (Å²) in [6.07, 6.45) is 8.39. The van der Waals surface area contributed by atoms with E-state index in [-0.39, 0.29) is 0 Å². The van der Waals surface area contributed by atoms with E-state index in [0.717, 1.165) is 11.8 Å². The number of hydrogen-bond acceptors (Lipinski definition) is 1. The van der Waals surface area contributed by atoms with E-state index in [9.17, 15) is 0 Å². The van der Waals surface area contributed by atoms with Gasteiger partial charge in [0.25, 0.3) is 0 Å².